The van der Waals surface area contributed by atoms with E-state index < -0.39 is 0 Å². The lowest BCUT2D eigenvalue weighted by atomic mass is 9.53. The Hall–Kier alpha value is -0.183. The van der Waals surface area contributed by atoms with Crippen LogP contribution >= 0.6 is 0 Å². The van der Waals surface area contributed by atoms with Crippen LogP contribution in [0.2, 0.25) is 0 Å². The third-order valence-electron chi connectivity index (χ3n) is 18.5. The Bertz CT molecular complexity index is 1160. The van der Waals surface area contributed by atoms with Crippen molar-refractivity contribution in [2.24, 2.45) is 71.0 Å². The molecule has 12 N–H and O–H groups in total. The van der Waals surface area contributed by atoms with Gasteiger partial charge in [0.25, 0.3) is 0 Å². The van der Waals surface area contributed by atoms with Crippen LogP contribution in [0.5, 0.6) is 0 Å². The first-order valence-corrected chi connectivity index (χ1v) is 25.7. The Morgan fingerprint density at radius 2 is 0.508 bits per heavy atom. The van der Waals surface area contributed by atoms with Gasteiger partial charge in [-0.05, 0) is 146 Å². The molecule has 0 spiro atoms. The van der Waals surface area contributed by atoms with Gasteiger partial charge in [0.1, 0.15) is 0 Å². The molecule has 10 nitrogen and oxygen atoms in total. The Morgan fingerprint density at radius 1 is 0.305 bits per heavy atom. The molecule has 4 saturated carbocycles. The molecule has 20 unspecified atom stereocenters. The average Bonchev–Trinajstić information content (AvgIpc) is 3.96. The summed E-state index contributed by atoms with van der Waals surface area (Å²) < 4.78 is 0. The second-order valence-corrected chi connectivity index (χ2v) is 21.4. The first-order valence-electron chi connectivity index (χ1n) is 25.7. The molecule has 9 fully saturated rings. The van der Waals surface area contributed by atoms with E-state index in [4.69, 9.17) is 0 Å². The van der Waals surface area contributed by atoms with Gasteiger partial charge < -0.3 is 11.0 Å². The zero-order valence-electron chi connectivity index (χ0n) is 37.5. The summed E-state index contributed by atoms with van der Waals surface area (Å²) in [5, 5.41) is 35.5. The summed E-state index contributed by atoms with van der Waals surface area (Å²) >= 11 is 0. The van der Waals surface area contributed by atoms with E-state index in [1.807, 2.05) is 0 Å². The molecule has 0 radical (unpaired) electrons. The van der Waals surface area contributed by atoms with Crippen LogP contribution in [-0.4, -0.2) is 71.2 Å². The standard InChI is InChI=1S/C48H88N8.2H2O.H4Si/c1-5-9-19-29-30(20-10-6-2)32(22-12-8-4)40-39(31(29)21-11-7-3)47-54-45-37-27-17-15-25-35(37)43(52-45)50-41-33-23-13-14-24-34(33)42(49-41)51-44-36-26-16-18-28-38(36)46(53-44)55-48(40)56-47;;;/h29-56H,5-28H2,1-4H3;2*1H2;1H4. The third kappa shape index (κ3) is 9.62. The normalized spacial score (nSPS) is 47.4. The Kier molecular flexibility index (Phi) is 18.1. The van der Waals surface area contributed by atoms with Gasteiger partial charge in [0, 0.05) is 0 Å². The average molecular weight is 845 g/mol. The van der Waals surface area contributed by atoms with E-state index in [-0.39, 0.29) is 21.9 Å². The molecule has 20 atom stereocenters. The van der Waals surface area contributed by atoms with E-state index in [0.717, 1.165) is 47.3 Å². The van der Waals surface area contributed by atoms with Crippen LogP contribution in [0.15, 0.2) is 0 Å². The van der Waals surface area contributed by atoms with Gasteiger partial charge in [-0.15, -0.1) is 0 Å². The van der Waals surface area contributed by atoms with Crippen molar-refractivity contribution in [1.29, 1.82) is 0 Å². The molecule has 0 aromatic carbocycles. The van der Waals surface area contributed by atoms with Gasteiger partial charge in [0.15, 0.2) is 0 Å². The van der Waals surface area contributed by atoms with E-state index in [2.05, 4.69) is 70.2 Å². The van der Waals surface area contributed by atoms with Crippen molar-refractivity contribution in [3.8, 4) is 0 Å². The van der Waals surface area contributed by atoms with Crippen LogP contribution in [0.4, 0.5) is 0 Å². The Balaban J connectivity index is 0.00000195. The van der Waals surface area contributed by atoms with Crippen molar-refractivity contribution in [2.45, 2.75) is 231 Å². The van der Waals surface area contributed by atoms with Crippen molar-refractivity contribution in [2.75, 3.05) is 0 Å². The van der Waals surface area contributed by atoms with E-state index in [1.165, 1.54) is 154 Å². The second kappa shape index (κ2) is 22.1. The molecule has 5 aliphatic heterocycles. The lowest BCUT2D eigenvalue weighted by molar-refractivity contribution is -0.0430. The van der Waals surface area contributed by atoms with Crippen LogP contribution < -0.4 is 42.5 Å². The maximum Gasteiger partial charge on any atom is 0.0631 e. The zero-order chi connectivity index (χ0) is 38.2. The van der Waals surface area contributed by atoms with E-state index in [9.17, 15) is 0 Å². The highest BCUT2D eigenvalue weighted by atomic mass is 28.1. The molecule has 5 saturated heterocycles. The number of hydrogen-bond donors (Lipinski definition) is 8. The van der Waals surface area contributed by atoms with Crippen molar-refractivity contribution < 1.29 is 11.0 Å². The van der Waals surface area contributed by atoms with Crippen molar-refractivity contribution in [3.05, 3.63) is 0 Å². The maximum absolute atomic E-state index is 4.58. The summed E-state index contributed by atoms with van der Waals surface area (Å²) in [4.78, 5) is 0. The summed E-state index contributed by atoms with van der Waals surface area (Å²) in [7, 11) is 0. The largest absolute Gasteiger partial charge is 0.412 e. The Morgan fingerprint density at radius 3 is 0.746 bits per heavy atom. The quantitative estimate of drug-likeness (QED) is 0.125. The van der Waals surface area contributed by atoms with E-state index >= 15 is 0 Å². The third-order valence-corrected chi connectivity index (χ3v) is 18.5. The van der Waals surface area contributed by atoms with Gasteiger partial charge in [0.05, 0.1) is 49.3 Å². The predicted molar refractivity (Wildman–Crippen MR) is 249 cm³/mol. The molecule has 0 amide bonds. The van der Waals surface area contributed by atoms with E-state index in [1.54, 1.807) is 0 Å². The first-order chi connectivity index (χ1) is 27.6. The maximum atomic E-state index is 4.58. The highest BCUT2D eigenvalue weighted by Gasteiger charge is 2.60. The molecule has 11 heteroatoms. The fraction of sp³-hybridized carbons (Fsp3) is 1.00. The fourth-order valence-electron chi connectivity index (χ4n) is 16.1. The monoisotopic (exact) mass is 845 g/mol. The lowest BCUT2D eigenvalue weighted by Gasteiger charge is -2.53. The smallest absolute Gasteiger partial charge is 0.0631 e. The van der Waals surface area contributed by atoms with Gasteiger partial charge in [-0.3, -0.25) is 42.5 Å². The molecule has 5 heterocycles. The van der Waals surface area contributed by atoms with Gasteiger partial charge in [-0.2, -0.15) is 0 Å². The fourth-order valence-corrected chi connectivity index (χ4v) is 16.1. The minimum absolute atomic E-state index is 0. The molecule has 9 rings (SSSR count). The van der Waals surface area contributed by atoms with E-state index in [0.29, 0.717) is 73.0 Å². The number of fused-ring (bicyclic) bond motifs is 20. The molecule has 8 bridgehead atoms. The SMILES string of the molecule is CCCCC1C(CCCC)C(CCCC)C2C3NC4NC(NC5NC(NC6NC(NC(N3)C2C1CCCC)C1CCCCC61)C1CCCCC51)C1CCCCC41.O.O.[SiH4]. The zero-order valence-corrected chi connectivity index (χ0v) is 37.5. The highest BCUT2D eigenvalue weighted by molar-refractivity contribution is 5.75. The van der Waals surface area contributed by atoms with Crippen LogP contribution in [0.3, 0.4) is 0 Å². The van der Waals surface area contributed by atoms with Crippen LogP contribution in [0.25, 0.3) is 0 Å². The number of hydrogen-bond acceptors (Lipinski definition) is 8. The summed E-state index contributed by atoms with van der Waals surface area (Å²) in [5.41, 5.74) is 0. The van der Waals surface area contributed by atoms with Crippen LogP contribution in [0.1, 0.15) is 182 Å². The van der Waals surface area contributed by atoms with Crippen molar-refractivity contribution in [3.63, 3.8) is 0 Å². The minimum atomic E-state index is 0. The molecule has 0 aromatic rings. The molecule has 4 aliphatic carbocycles. The van der Waals surface area contributed by atoms with Crippen LogP contribution in [-0.2, 0) is 0 Å². The molecule has 9 aliphatic rings. The number of nitrogens with one attached hydrogen (secondary N) is 8. The van der Waals surface area contributed by atoms with Gasteiger partial charge in [-0.25, -0.2) is 0 Å². The van der Waals surface area contributed by atoms with Gasteiger partial charge >= 0.3 is 0 Å². The van der Waals surface area contributed by atoms with Crippen molar-refractivity contribution in [1.82, 2.24) is 42.5 Å². The topological polar surface area (TPSA) is 159 Å². The summed E-state index contributed by atoms with van der Waals surface area (Å²) in [5.74, 6) is 9.04. The first kappa shape index (κ1) is 48.3. The molecular formula is C48H96N8O2Si. The molecule has 344 valence electrons. The van der Waals surface area contributed by atoms with Gasteiger partial charge in [0.2, 0.25) is 0 Å². The van der Waals surface area contributed by atoms with Crippen LogP contribution in [0, 0.1) is 71.0 Å². The van der Waals surface area contributed by atoms with Crippen molar-refractivity contribution >= 4 is 11.0 Å². The minimum Gasteiger partial charge on any atom is -0.412 e. The predicted octanol–water partition coefficient (Wildman–Crippen LogP) is 5.17. The summed E-state index contributed by atoms with van der Waals surface area (Å²) in [6.45, 7) is 9.80. The van der Waals surface area contributed by atoms with Gasteiger partial charge in [-0.1, -0.05) is 118 Å². The summed E-state index contributed by atoms with van der Waals surface area (Å²) in [6.07, 6.45) is 36.3. The molecule has 59 heavy (non-hydrogen) atoms. The molecular weight excluding hydrogens is 749 g/mol. The number of rotatable bonds is 12. The number of unbranched alkanes of at least 4 members (excludes halogenated alkanes) is 4. The molecule has 0 aromatic heterocycles. The second-order valence-electron chi connectivity index (χ2n) is 21.4. The Labute approximate surface area is 365 Å². The summed E-state index contributed by atoms with van der Waals surface area (Å²) in [6, 6.07) is 0. The highest BCUT2D eigenvalue weighted by Crippen LogP contribution is 2.57. The lowest BCUT2D eigenvalue weighted by Crippen LogP contribution is -2.62.